The maximum atomic E-state index is 10.4. The van der Waals surface area contributed by atoms with Gasteiger partial charge < -0.3 is 0 Å². The zero-order chi connectivity index (χ0) is 16.3. The van der Waals surface area contributed by atoms with Gasteiger partial charge in [0.05, 0.1) is 8.52 Å². The zero-order valence-corrected chi connectivity index (χ0v) is 16.5. The van der Waals surface area contributed by atoms with Crippen molar-refractivity contribution in [3.63, 3.8) is 0 Å². The van der Waals surface area contributed by atoms with E-state index in [1.165, 1.54) is 0 Å². The first-order valence-electron chi connectivity index (χ1n) is 5.82. The normalized spacial score (nSPS) is 9.35. The molecule has 0 fully saturated rings. The predicted molar refractivity (Wildman–Crippen MR) is 96.1 cm³/mol. The molecule has 2 rings (SSSR count). The van der Waals surface area contributed by atoms with Crippen LogP contribution in [0.25, 0.3) is 0 Å². The van der Waals surface area contributed by atoms with E-state index in [0.29, 0.717) is 5.56 Å². The molecule has 0 radical (unpaired) electrons. The number of aldehydes is 1. The SMILES string of the molecule is Brc1cccc(Br)c1.O=Cc1c(Br)cccc1Br.[2H]CF. The first-order chi connectivity index (χ1) is 9.96. The molecule has 0 bridgehead atoms. The number of alkyl halides is 1. The second-order valence-corrected chi connectivity index (χ2v) is 6.73. The van der Waals surface area contributed by atoms with E-state index in [4.69, 9.17) is 1.37 Å². The van der Waals surface area contributed by atoms with Crippen molar-refractivity contribution >= 4 is 70.0 Å². The van der Waals surface area contributed by atoms with Gasteiger partial charge in [-0.05, 0) is 30.3 Å². The lowest BCUT2D eigenvalue weighted by molar-refractivity contribution is 0.112. The average Bonchev–Trinajstić information content (AvgIpc) is 2.40. The summed E-state index contributed by atoms with van der Waals surface area (Å²) in [6.07, 6.45) is 0.814. The second-order valence-electron chi connectivity index (χ2n) is 3.19. The van der Waals surface area contributed by atoms with Crippen molar-refractivity contribution in [3.05, 3.63) is 65.9 Å². The van der Waals surface area contributed by atoms with E-state index in [9.17, 15) is 9.18 Å². The van der Waals surface area contributed by atoms with Gasteiger partial charge >= 0.3 is 0 Å². The second kappa shape index (κ2) is 11.6. The summed E-state index contributed by atoms with van der Waals surface area (Å²) in [6.45, 7) is 0. The van der Waals surface area contributed by atoms with Crippen LogP contribution < -0.4 is 0 Å². The summed E-state index contributed by atoms with van der Waals surface area (Å²) in [5.74, 6) is 0. The van der Waals surface area contributed by atoms with Gasteiger partial charge in [-0.3, -0.25) is 9.18 Å². The van der Waals surface area contributed by atoms with Gasteiger partial charge in [0, 0.05) is 23.5 Å². The van der Waals surface area contributed by atoms with E-state index >= 15 is 0 Å². The Bertz CT molecular complexity index is 529. The topological polar surface area (TPSA) is 17.1 Å². The third kappa shape index (κ3) is 7.67. The molecule has 0 saturated heterocycles. The number of benzene rings is 2. The Balaban J connectivity index is 0.000000327. The van der Waals surface area contributed by atoms with E-state index in [1.807, 2.05) is 42.5 Å². The molecule has 20 heavy (non-hydrogen) atoms. The Morgan fingerprint density at radius 2 is 1.40 bits per heavy atom. The van der Waals surface area contributed by atoms with Gasteiger partial charge in [0.15, 0.2) is 6.29 Å². The van der Waals surface area contributed by atoms with Crippen molar-refractivity contribution in [2.24, 2.45) is 0 Å². The standard InChI is InChI=1S/C7H4Br2O.C6H4Br2.CH3F/c8-6-2-1-3-7(9)5(6)4-10;7-5-2-1-3-6(8)4-5;1-2/h1-4H;1-4H;1H3/i;;1D. The molecule has 2 aromatic rings. The van der Waals surface area contributed by atoms with Crippen molar-refractivity contribution in [1.82, 2.24) is 0 Å². The highest BCUT2D eigenvalue weighted by atomic mass is 79.9. The first-order valence-corrected chi connectivity index (χ1v) is 8.28. The van der Waals surface area contributed by atoms with Crippen LogP contribution >= 0.6 is 63.7 Å². The molecule has 1 nitrogen and oxygen atoms in total. The van der Waals surface area contributed by atoms with Crippen LogP contribution in [0.5, 0.6) is 0 Å². The molecule has 0 N–H and O–H groups in total. The van der Waals surface area contributed by atoms with Crippen molar-refractivity contribution in [3.8, 4) is 0 Å². The maximum Gasteiger partial charge on any atom is 0.152 e. The van der Waals surface area contributed by atoms with Crippen LogP contribution in [-0.2, 0) is 0 Å². The van der Waals surface area contributed by atoms with Crippen molar-refractivity contribution in [1.29, 1.82) is 0 Å². The minimum Gasteiger partial charge on any atom is -0.298 e. The molecule has 0 aliphatic carbocycles. The van der Waals surface area contributed by atoms with E-state index in [2.05, 4.69) is 63.7 Å². The Labute approximate surface area is 152 Å². The monoisotopic (exact) mass is 531 g/mol. The summed E-state index contributed by atoms with van der Waals surface area (Å²) in [4.78, 5) is 10.4. The van der Waals surface area contributed by atoms with E-state index in [1.54, 1.807) is 0 Å². The van der Waals surface area contributed by atoms with Gasteiger partial charge in [-0.15, -0.1) is 0 Å². The van der Waals surface area contributed by atoms with Crippen LogP contribution in [0, 0.1) is 0 Å². The summed E-state index contributed by atoms with van der Waals surface area (Å²) in [7, 11) is -1.00. The Morgan fingerprint density at radius 3 is 1.65 bits per heavy atom. The lowest BCUT2D eigenvalue weighted by atomic mass is 10.2. The van der Waals surface area contributed by atoms with Crippen LogP contribution in [0.2, 0.25) is 0 Å². The highest BCUT2D eigenvalue weighted by Gasteiger charge is 2.00. The highest BCUT2D eigenvalue weighted by Crippen LogP contribution is 2.22. The highest BCUT2D eigenvalue weighted by molar-refractivity contribution is 9.11. The minimum atomic E-state index is -1.00. The van der Waals surface area contributed by atoms with Crippen molar-refractivity contribution < 1.29 is 10.6 Å². The van der Waals surface area contributed by atoms with Gasteiger partial charge in [-0.2, -0.15) is 0 Å². The van der Waals surface area contributed by atoms with Crippen molar-refractivity contribution in [2.45, 2.75) is 0 Å². The number of carbonyl (C=O) groups is 1. The molecular formula is C14H11Br4FO. The molecule has 0 saturated carbocycles. The largest absolute Gasteiger partial charge is 0.298 e. The smallest absolute Gasteiger partial charge is 0.152 e. The lowest BCUT2D eigenvalue weighted by Gasteiger charge is -1.96. The fraction of sp³-hybridized carbons (Fsp3) is 0.0714. The Kier molecular flexibility index (Phi) is 10.4. The van der Waals surface area contributed by atoms with Gasteiger partial charge in [-0.1, -0.05) is 75.9 Å². The number of rotatable bonds is 1. The molecule has 0 amide bonds. The minimum absolute atomic E-state index is 0.655. The van der Waals surface area contributed by atoms with Gasteiger partial charge in [0.25, 0.3) is 0 Å². The van der Waals surface area contributed by atoms with Crippen LogP contribution in [-0.4, -0.2) is 13.4 Å². The summed E-state index contributed by atoms with van der Waals surface area (Å²) >= 11 is 13.2. The molecule has 0 aliphatic rings. The van der Waals surface area contributed by atoms with Gasteiger partial charge in [0.1, 0.15) is 0 Å². The molecule has 0 heterocycles. The summed E-state index contributed by atoms with van der Waals surface area (Å²) in [5, 5.41) is 0. The summed E-state index contributed by atoms with van der Waals surface area (Å²) < 4.78 is 19.3. The third-order valence-corrected chi connectivity index (χ3v) is 4.27. The van der Waals surface area contributed by atoms with Crippen molar-refractivity contribution in [2.75, 3.05) is 7.15 Å². The van der Waals surface area contributed by atoms with Gasteiger partial charge in [-0.25, -0.2) is 0 Å². The lowest BCUT2D eigenvalue weighted by Crippen LogP contribution is -1.82. The molecule has 0 unspecified atom stereocenters. The molecule has 0 aromatic heterocycles. The van der Waals surface area contributed by atoms with Gasteiger partial charge in [0.2, 0.25) is 0 Å². The molecule has 108 valence electrons. The summed E-state index contributed by atoms with van der Waals surface area (Å²) in [5.41, 5.74) is 0.655. The molecule has 6 heteroatoms. The fourth-order valence-corrected chi connectivity index (χ4v) is 3.37. The quantitative estimate of drug-likeness (QED) is 0.367. The number of carbonyl (C=O) groups excluding carboxylic acids is 1. The molecular weight excluding hydrogens is 523 g/mol. The zero-order valence-electron chi connectivity index (χ0n) is 11.1. The van der Waals surface area contributed by atoms with Crippen LogP contribution in [0.3, 0.4) is 0 Å². The molecule has 0 atom stereocenters. The Hall–Kier alpha value is -0.0400. The molecule has 0 spiro atoms. The van der Waals surface area contributed by atoms with E-state index in [-0.39, 0.29) is 0 Å². The number of hydrogen-bond donors (Lipinski definition) is 0. The predicted octanol–water partition coefficient (Wildman–Crippen LogP) is 6.82. The third-order valence-electron chi connectivity index (χ3n) is 1.90. The fourth-order valence-electron chi connectivity index (χ4n) is 1.08. The molecule has 0 aliphatic heterocycles. The first kappa shape index (κ1) is 18.0. The Morgan fingerprint density at radius 1 is 1.00 bits per heavy atom. The average molecular weight is 535 g/mol. The van der Waals surface area contributed by atoms with E-state index in [0.717, 1.165) is 24.2 Å². The van der Waals surface area contributed by atoms with Crippen LogP contribution in [0.1, 0.15) is 11.7 Å². The maximum absolute atomic E-state index is 10.4. The molecule has 2 aromatic carbocycles. The van der Waals surface area contributed by atoms with Crippen LogP contribution in [0.15, 0.2) is 60.4 Å². The summed E-state index contributed by atoms with van der Waals surface area (Å²) in [6, 6.07) is 13.5. The number of halogens is 5. The van der Waals surface area contributed by atoms with E-state index < -0.39 is 7.15 Å². The number of hydrogen-bond acceptors (Lipinski definition) is 1. The van der Waals surface area contributed by atoms with Crippen LogP contribution in [0.4, 0.5) is 4.39 Å².